The summed E-state index contributed by atoms with van der Waals surface area (Å²) in [5, 5.41) is 5.86. The Bertz CT molecular complexity index is 999. The van der Waals surface area contributed by atoms with Crippen LogP contribution in [-0.4, -0.2) is 29.0 Å². The van der Waals surface area contributed by atoms with E-state index in [1.165, 1.54) is 7.11 Å². The lowest BCUT2D eigenvalue weighted by atomic mass is 10.2. The van der Waals surface area contributed by atoms with Gasteiger partial charge in [-0.25, -0.2) is 14.8 Å². The van der Waals surface area contributed by atoms with Gasteiger partial charge in [0, 0.05) is 17.1 Å². The molecule has 1 amide bonds. The number of amides is 1. The van der Waals surface area contributed by atoms with Crippen molar-refractivity contribution in [3.8, 4) is 0 Å². The van der Waals surface area contributed by atoms with Crippen molar-refractivity contribution in [3.05, 3.63) is 77.1 Å². The first kappa shape index (κ1) is 19.0. The monoisotopic (exact) mass is 376 g/mol. The second-order valence-corrected chi connectivity index (χ2v) is 6.23. The first-order chi connectivity index (χ1) is 13.4. The fourth-order valence-corrected chi connectivity index (χ4v) is 2.51. The summed E-state index contributed by atoms with van der Waals surface area (Å²) in [5.74, 6) is -0.463. The lowest BCUT2D eigenvalue weighted by Gasteiger charge is -2.09. The van der Waals surface area contributed by atoms with Crippen LogP contribution in [-0.2, 0) is 4.74 Å². The maximum Gasteiger partial charge on any atom is 0.337 e. The number of ether oxygens (including phenoxy) is 1. The van der Waals surface area contributed by atoms with Crippen LogP contribution in [0.15, 0.2) is 54.6 Å². The van der Waals surface area contributed by atoms with E-state index in [0.29, 0.717) is 22.9 Å². The highest BCUT2D eigenvalue weighted by molar-refractivity contribution is 6.03. The molecule has 142 valence electrons. The van der Waals surface area contributed by atoms with Crippen LogP contribution in [0.5, 0.6) is 0 Å². The van der Waals surface area contributed by atoms with Gasteiger partial charge < -0.3 is 15.4 Å². The van der Waals surface area contributed by atoms with Crippen LogP contribution >= 0.6 is 0 Å². The Hall–Kier alpha value is -3.74. The lowest BCUT2D eigenvalue weighted by molar-refractivity contribution is 0.0600. The van der Waals surface area contributed by atoms with Crippen LogP contribution in [0.25, 0.3) is 0 Å². The van der Waals surface area contributed by atoms with Gasteiger partial charge in [-0.3, -0.25) is 4.79 Å². The van der Waals surface area contributed by atoms with Crippen LogP contribution in [0.2, 0.25) is 0 Å². The van der Waals surface area contributed by atoms with Crippen LogP contribution < -0.4 is 10.6 Å². The summed E-state index contributed by atoms with van der Waals surface area (Å²) in [7, 11) is 1.32. The third kappa shape index (κ3) is 4.70. The van der Waals surface area contributed by atoms with Crippen molar-refractivity contribution in [1.82, 2.24) is 9.97 Å². The van der Waals surface area contributed by atoms with Crippen molar-refractivity contribution in [2.24, 2.45) is 0 Å². The second-order valence-electron chi connectivity index (χ2n) is 6.23. The molecule has 3 aromatic rings. The smallest absolute Gasteiger partial charge is 0.337 e. The SMILES string of the molecule is COC(=O)c1ccc(NC(=O)c2cc(C)nc(Nc3ccc(C)cc3)n2)cc1. The van der Waals surface area contributed by atoms with Crippen molar-refractivity contribution in [2.45, 2.75) is 13.8 Å². The topological polar surface area (TPSA) is 93.2 Å². The molecule has 7 heteroatoms. The molecule has 7 nitrogen and oxygen atoms in total. The van der Waals surface area contributed by atoms with E-state index in [-0.39, 0.29) is 11.6 Å². The normalized spacial score (nSPS) is 10.2. The highest BCUT2D eigenvalue weighted by atomic mass is 16.5. The Morgan fingerprint density at radius 1 is 0.893 bits per heavy atom. The zero-order valence-corrected chi connectivity index (χ0v) is 15.8. The average molecular weight is 376 g/mol. The number of methoxy groups -OCH3 is 1. The average Bonchev–Trinajstić information content (AvgIpc) is 2.69. The van der Waals surface area contributed by atoms with E-state index >= 15 is 0 Å². The first-order valence-corrected chi connectivity index (χ1v) is 8.64. The molecule has 28 heavy (non-hydrogen) atoms. The van der Waals surface area contributed by atoms with Crippen molar-refractivity contribution >= 4 is 29.2 Å². The third-order valence-corrected chi connectivity index (χ3v) is 3.96. The Labute approximate surface area is 162 Å². The molecule has 1 aromatic heterocycles. The van der Waals surface area contributed by atoms with Gasteiger partial charge in [0.25, 0.3) is 5.91 Å². The van der Waals surface area contributed by atoms with Crippen molar-refractivity contribution in [1.29, 1.82) is 0 Å². The zero-order chi connectivity index (χ0) is 20.1. The molecular weight excluding hydrogens is 356 g/mol. The number of hydrogen-bond donors (Lipinski definition) is 2. The Morgan fingerprint density at radius 3 is 2.18 bits per heavy atom. The van der Waals surface area contributed by atoms with E-state index in [9.17, 15) is 9.59 Å². The number of carbonyl (C=O) groups excluding carboxylic acids is 2. The largest absolute Gasteiger partial charge is 0.465 e. The second kappa shape index (κ2) is 8.30. The summed E-state index contributed by atoms with van der Waals surface area (Å²) in [6.45, 7) is 3.80. The number of nitrogens with zero attached hydrogens (tertiary/aromatic N) is 2. The quantitative estimate of drug-likeness (QED) is 0.657. The molecule has 0 aliphatic carbocycles. The van der Waals surface area contributed by atoms with Crippen LogP contribution in [0.4, 0.5) is 17.3 Å². The van der Waals surface area contributed by atoms with E-state index in [1.54, 1.807) is 37.3 Å². The summed E-state index contributed by atoms with van der Waals surface area (Å²) < 4.78 is 4.66. The molecule has 0 bridgehead atoms. The van der Waals surface area contributed by atoms with Gasteiger partial charge in [-0.2, -0.15) is 0 Å². The van der Waals surface area contributed by atoms with Gasteiger partial charge in [0.15, 0.2) is 0 Å². The lowest BCUT2D eigenvalue weighted by Crippen LogP contribution is -2.15. The maximum atomic E-state index is 12.6. The number of esters is 1. The summed E-state index contributed by atoms with van der Waals surface area (Å²) in [4.78, 5) is 32.7. The van der Waals surface area contributed by atoms with Crippen LogP contribution in [0.1, 0.15) is 32.1 Å². The summed E-state index contributed by atoms with van der Waals surface area (Å²) in [6, 6.07) is 15.8. The molecule has 0 unspecified atom stereocenters. The minimum absolute atomic E-state index is 0.235. The molecule has 1 heterocycles. The Balaban J connectivity index is 1.75. The summed E-state index contributed by atoms with van der Waals surface area (Å²) in [6.07, 6.45) is 0. The Kier molecular flexibility index (Phi) is 5.64. The molecule has 0 atom stereocenters. The van der Waals surface area contributed by atoms with Gasteiger partial charge in [-0.15, -0.1) is 0 Å². The van der Waals surface area contributed by atoms with Gasteiger partial charge in [0.1, 0.15) is 5.69 Å². The molecule has 0 aliphatic heterocycles. The standard InChI is InChI=1S/C21H20N4O3/c1-13-4-8-17(9-5-13)24-21-22-14(2)12-18(25-21)19(26)23-16-10-6-15(7-11-16)20(27)28-3/h4-12H,1-3H3,(H,23,26)(H,22,24,25). The number of benzene rings is 2. The summed E-state index contributed by atoms with van der Waals surface area (Å²) >= 11 is 0. The maximum absolute atomic E-state index is 12.6. The highest BCUT2D eigenvalue weighted by Gasteiger charge is 2.12. The molecule has 2 N–H and O–H groups in total. The Morgan fingerprint density at radius 2 is 1.54 bits per heavy atom. The van der Waals surface area contributed by atoms with Gasteiger partial charge in [0.2, 0.25) is 5.95 Å². The number of hydrogen-bond acceptors (Lipinski definition) is 6. The fourth-order valence-electron chi connectivity index (χ4n) is 2.51. The number of anilines is 3. The predicted octanol–water partition coefficient (Wildman–Crippen LogP) is 3.88. The van der Waals surface area contributed by atoms with Crippen molar-refractivity contribution in [2.75, 3.05) is 17.7 Å². The number of aromatic nitrogens is 2. The molecule has 0 fully saturated rings. The highest BCUT2D eigenvalue weighted by Crippen LogP contribution is 2.16. The molecular formula is C21H20N4O3. The van der Waals surface area contributed by atoms with Gasteiger partial charge in [0.05, 0.1) is 12.7 Å². The molecule has 3 rings (SSSR count). The molecule has 0 spiro atoms. The van der Waals surface area contributed by atoms with Crippen molar-refractivity contribution < 1.29 is 14.3 Å². The number of aryl methyl sites for hydroxylation is 2. The number of nitrogens with one attached hydrogen (secondary N) is 2. The van der Waals surface area contributed by atoms with E-state index in [0.717, 1.165) is 11.3 Å². The summed E-state index contributed by atoms with van der Waals surface area (Å²) in [5.41, 5.74) is 3.83. The molecule has 0 aliphatic rings. The van der Waals surface area contributed by atoms with Gasteiger partial charge >= 0.3 is 5.97 Å². The molecule has 2 aromatic carbocycles. The third-order valence-electron chi connectivity index (χ3n) is 3.96. The van der Waals surface area contributed by atoms with Crippen LogP contribution in [0.3, 0.4) is 0 Å². The van der Waals surface area contributed by atoms with Crippen molar-refractivity contribution in [3.63, 3.8) is 0 Å². The van der Waals surface area contributed by atoms with E-state index < -0.39 is 5.97 Å². The molecule has 0 saturated carbocycles. The minimum Gasteiger partial charge on any atom is -0.465 e. The minimum atomic E-state index is -0.434. The predicted molar refractivity (Wildman–Crippen MR) is 107 cm³/mol. The van der Waals surface area contributed by atoms with Gasteiger partial charge in [-0.1, -0.05) is 17.7 Å². The first-order valence-electron chi connectivity index (χ1n) is 8.64. The van der Waals surface area contributed by atoms with E-state index in [1.807, 2.05) is 31.2 Å². The fraction of sp³-hybridized carbons (Fsp3) is 0.143. The number of rotatable bonds is 5. The van der Waals surface area contributed by atoms with E-state index in [2.05, 4.69) is 25.3 Å². The number of carbonyl (C=O) groups is 2. The van der Waals surface area contributed by atoms with Crippen LogP contribution in [0, 0.1) is 13.8 Å². The van der Waals surface area contributed by atoms with E-state index in [4.69, 9.17) is 0 Å². The molecule has 0 saturated heterocycles. The molecule has 0 radical (unpaired) electrons. The zero-order valence-electron chi connectivity index (χ0n) is 15.8. The van der Waals surface area contributed by atoms with Gasteiger partial charge in [-0.05, 0) is 56.3 Å².